The van der Waals surface area contributed by atoms with Gasteiger partial charge in [0.2, 0.25) is 0 Å². The Labute approximate surface area is 45.3 Å². The third-order valence-corrected chi connectivity index (χ3v) is 1.41. The van der Waals surface area contributed by atoms with Crippen LogP contribution in [0.4, 0.5) is 8.78 Å². The molecule has 48 valence electrons. The second-order valence-electron chi connectivity index (χ2n) is 2.12. The lowest BCUT2D eigenvalue weighted by Crippen LogP contribution is -2.28. The molecule has 2 nitrogen and oxygen atoms in total. The van der Waals surface area contributed by atoms with Crippen LogP contribution in [0.15, 0.2) is 0 Å². The lowest BCUT2D eigenvalue weighted by atomic mass is 10.3. The van der Waals surface area contributed by atoms with Crippen molar-refractivity contribution in [3.05, 3.63) is 0 Å². The van der Waals surface area contributed by atoms with Gasteiger partial charge in [0.15, 0.2) is 0 Å². The first-order valence-electron chi connectivity index (χ1n) is 2.32. The third kappa shape index (κ3) is 0.530. The van der Waals surface area contributed by atoms with Crippen molar-refractivity contribution in [2.75, 3.05) is 6.54 Å². The first kappa shape index (κ1) is 5.91. The van der Waals surface area contributed by atoms with Gasteiger partial charge < -0.3 is 10.8 Å². The Balaban J connectivity index is 2.55. The second kappa shape index (κ2) is 1.19. The molecule has 0 bridgehead atoms. The smallest absolute Gasteiger partial charge is 0.280 e. The number of nitrogens with two attached hydrogens (primary N) is 1. The maximum absolute atomic E-state index is 11.9. The summed E-state index contributed by atoms with van der Waals surface area (Å²) in [4.78, 5) is 0. The minimum absolute atomic E-state index is 0.347. The van der Waals surface area contributed by atoms with E-state index in [0.717, 1.165) is 0 Å². The van der Waals surface area contributed by atoms with Crippen LogP contribution in [0, 0.1) is 0 Å². The Morgan fingerprint density at radius 2 is 2.00 bits per heavy atom. The molecule has 1 aliphatic rings. The van der Waals surface area contributed by atoms with E-state index in [1.54, 1.807) is 0 Å². The van der Waals surface area contributed by atoms with Crippen molar-refractivity contribution in [3.63, 3.8) is 0 Å². The monoisotopic (exact) mass is 123 g/mol. The van der Waals surface area contributed by atoms with E-state index in [1.165, 1.54) is 0 Å². The molecule has 1 aliphatic carbocycles. The van der Waals surface area contributed by atoms with E-state index < -0.39 is 17.9 Å². The zero-order valence-corrected chi connectivity index (χ0v) is 4.19. The van der Waals surface area contributed by atoms with Crippen molar-refractivity contribution in [3.8, 4) is 0 Å². The van der Waals surface area contributed by atoms with Crippen molar-refractivity contribution >= 4 is 0 Å². The summed E-state index contributed by atoms with van der Waals surface area (Å²) < 4.78 is 23.7. The molecule has 0 spiro atoms. The van der Waals surface area contributed by atoms with Crippen LogP contribution >= 0.6 is 0 Å². The van der Waals surface area contributed by atoms with E-state index in [9.17, 15) is 8.78 Å². The molecule has 8 heavy (non-hydrogen) atoms. The third-order valence-electron chi connectivity index (χ3n) is 1.41. The minimum Gasteiger partial charge on any atom is -0.382 e. The molecular weight excluding hydrogens is 116 g/mol. The number of halogens is 2. The van der Waals surface area contributed by atoms with Crippen LogP contribution in [0.3, 0.4) is 0 Å². The normalized spacial score (nSPS) is 42.0. The molecule has 0 saturated heterocycles. The van der Waals surface area contributed by atoms with Crippen LogP contribution in [0.2, 0.25) is 0 Å². The minimum atomic E-state index is -2.91. The van der Waals surface area contributed by atoms with Gasteiger partial charge in [-0.1, -0.05) is 0 Å². The van der Waals surface area contributed by atoms with Crippen molar-refractivity contribution in [1.82, 2.24) is 0 Å². The highest BCUT2D eigenvalue weighted by atomic mass is 19.3. The molecule has 0 aliphatic heterocycles. The zero-order valence-electron chi connectivity index (χ0n) is 4.19. The van der Waals surface area contributed by atoms with E-state index in [1.807, 2.05) is 0 Å². The summed E-state index contributed by atoms with van der Waals surface area (Å²) in [6.07, 6.45) is -0.476. The summed E-state index contributed by atoms with van der Waals surface area (Å²) in [6, 6.07) is 0. The quantitative estimate of drug-likeness (QED) is 0.503. The molecule has 1 atom stereocenters. The second-order valence-corrected chi connectivity index (χ2v) is 2.12. The Morgan fingerprint density at radius 3 is 2.00 bits per heavy atom. The molecule has 1 fully saturated rings. The molecule has 0 aromatic rings. The van der Waals surface area contributed by atoms with Crippen LogP contribution in [0.1, 0.15) is 6.42 Å². The fourth-order valence-electron chi connectivity index (χ4n) is 0.545. The van der Waals surface area contributed by atoms with Gasteiger partial charge in [0.25, 0.3) is 5.92 Å². The van der Waals surface area contributed by atoms with Gasteiger partial charge in [-0.25, -0.2) is 8.78 Å². The van der Waals surface area contributed by atoms with Gasteiger partial charge in [-0.05, 0) is 0 Å². The lowest BCUT2D eigenvalue weighted by Gasteiger charge is -2.01. The van der Waals surface area contributed by atoms with Crippen LogP contribution in [-0.2, 0) is 0 Å². The molecule has 1 rings (SSSR count). The average Bonchev–Trinajstić information content (AvgIpc) is 2.10. The van der Waals surface area contributed by atoms with E-state index in [0.29, 0.717) is 0 Å². The first-order valence-corrected chi connectivity index (χ1v) is 2.32. The van der Waals surface area contributed by atoms with Gasteiger partial charge in [-0.3, -0.25) is 0 Å². The van der Waals surface area contributed by atoms with E-state index in [-0.39, 0.29) is 6.54 Å². The van der Waals surface area contributed by atoms with E-state index >= 15 is 0 Å². The van der Waals surface area contributed by atoms with Crippen molar-refractivity contribution < 1.29 is 13.9 Å². The van der Waals surface area contributed by atoms with Gasteiger partial charge in [0, 0.05) is 6.54 Å². The summed E-state index contributed by atoms with van der Waals surface area (Å²) in [5.74, 6) is -2.91. The first-order chi connectivity index (χ1) is 3.52. The van der Waals surface area contributed by atoms with Crippen LogP contribution in [-0.4, -0.2) is 23.2 Å². The molecule has 0 heterocycles. The van der Waals surface area contributed by atoms with E-state index in [2.05, 4.69) is 0 Å². The largest absolute Gasteiger partial charge is 0.382 e. The van der Waals surface area contributed by atoms with Gasteiger partial charge in [0.05, 0.1) is 6.42 Å². The fraction of sp³-hybridized carbons (Fsp3) is 1.00. The highest BCUT2D eigenvalue weighted by Crippen LogP contribution is 2.51. The number of alkyl halides is 2. The molecular formula is C4H7F2NO. The van der Waals surface area contributed by atoms with Crippen molar-refractivity contribution in [2.45, 2.75) is 17.9 Å². The summed E-state index contributed by atoms with van der Waals surface area (Å²) in [5, 5.41) is 8.59. The highest BCUT2D eigenvalue weighted by molar-refractivity contribution is 5.12. The summed E-state index contributed by atoms with van der Waals surface area (Å²) in [5.41, 5.74) is 2.95. The highest BCUT2D eigenvalue weighted by Gasteiger charge is 2.70. The Bertz CT molecular complexity index is 117. The molecule has 4 heteroatoms. The molecule has 1 unspecified atom stereocenters. The topological polar surface area (TPSA) is 46.2 Å². The van der Waals surface area contributed by atoms with Crippen LogP contribution in [0.5, 0.6) is 0 Å². The van der Waals surface area contributed by atoms with Gasteiger partial charge >= 0.3 is 0 Å². The SMILES string of the molecule is NCC1(O)CC1(F)F. The summed E-state index contributed by atoms with van der Waals surface area (Å²) in [6.45, 7) is -0.347. The molecule has 0 amide bonds. The standard InChI is InChI=1S/C4H7F2NO/c5-4(6)1-3(4,8)2-7/h8H,1-2,7H2. The molecule has 0 radical (unpaired) electrons. The zero-order chi connectivity index (χ0) is 6.41. The maximum Gasteiger partial charge on any atom is 0.280 e. The van der Waals surface area contributed by atoms with E-state index in [4.69, 9.17) is 10.8 Å². The Hall–Kier alpha value is -0.220. The molecule has 3 N–H and O–H groups in total. The number of hydrogen-bond acceptors (Lipinski definition) is 2. The predicted octanol–water partition coefficient (Wildman–Crippen LogP) is -0.285. The fourth-order valence-corrected chi connectivity index (χ4v) is 0.545. The lowest BCUT2D eigenvalue weighted by molar-refractivity contribution is 0.000737. The molecule has 0 aromatic carbocycles. The Morgan fingerprint density at radius 1 is 1.62 bits per heavy atom. The van der Waals surface area contributed by atoms with Gasteiger partial charge in [0.1, 0.15) is 5.60 Å². The van der Waals surface area contributed by atoms with Crippen LogP contribution < -0.4 is 5.73 Å². The number of hydrogen-bond donors (Lipinski definition) is 2. The maximum atomic E-state index is 11.9. The summed E-state index contributed by atoms with van der Waals surface area (Å²) >= 11 is 0. The van der Waals surface area contributed by atoms with Crippen molar-refractivity contribution in [1.29, 1.82) is 0 Å². The number of aliphatic hydroxyl groups is 1. The van der Waals surface area contributed by atoms with Crippen LogP contribution in [0.25, 0.3) is 0 Å². The predicted molar refractivity (Wildman–Crippen MR) is 23.6 cm³/mol. The average molecular weight is 123 g/mol. The Kier molecular flexibility index (Phi) is 0.881. The number of rotatable bonds is 1. The molecule has 1 saturated carbocycles. The molecule has 0 aromatic heterocycles. The van der Waals surface area contributed by atoms with Gasteiger partial charge in [-0.2, -0.15) is 0 Å². The van der Waals surface area contributed by atoms with Crippen molar-refractivity contribution in [2.24, 2.45) is 5.73 Å². The van der Waals surface area contributed by atoms with Gasteiger partial charge in [-0.15, -0.1) is 0 Å². The summed E-state index contributed by atoms with van der Waals surface area (Å²) in [7, 11) is 0.